The van der Waals surface area contributed by atoms with Gasteiger partial charge in [-0.15, -0.1) is 0 Å². The summed E-state index contributed by atoms with van der Waals surface area (Å²) in [5, 5.41) is 4.15. The van der Waals surface area contributed by atoms with Crippen molar-refractivity contribution in [2.75, 3.05) is 6.61 Å². The highest BCUT2D eigenvalue weighted by molar-refractivity contribution is 5.74. The summed E-state index contributed by atoms with van der Waals surface area (Å²) >= 11 is 0. The first-order valence-corrected chi connectivity index (χ1v) is 5.36. The van der Waals surface area contributed by atoms with Gasteiger partial charge in [0.05, 0.1) is 12.8 Å². The first-order chi connectivity index (χ1) is 7.19. The molecule has 0 aliphatic rings. The lowest BCUT2D eigenvalue weighted by molar-refractivity contribution is -0.147. The summed E-state index contributed by atoms with van der Waals surface area (Å²) in [7, 11) is 0. The summed E-state index contributed by atoms with van der Waals surface area (Å²) in [5.41, 5.74) is 1.06. The van der Waals surface area contributed by atoms with Crippen LogP contribution in [0.1, 0.15) is 38.3 Å². The van der Waals surface area contributed by atoms with E-state index >= 15 is 0 Å². The molecule has 0 spiro atoms. The zero-order chi connectivity index (χ0) is 11.3. The molecule has 1 unspecified atom stereocenters. The van der Waals surface area contributed by atoms with Gasteiger partial charge in [0, 0.05) is 6.20 Å². The van der Waals surface area contributed by atoms with Gasteiger partial charge in [-0.05, 0) is 25.8 Å². The van der Waals surface area contributed by atoms with Gasteiger partial charge in [0.1, 0.15) is 6.04 Å². The van der Waals surface area contributed by atoms with E-state index in [0.717, 1.165) is 18.4 Å². The molecule has 0 radical (unpaired) electrons. The predicted octanol–water partition coefficient (Wildman–Crippen LogP) is 2.10. The highest BCUT2D eigenvalue weighted by Gasteiger charge is 2.21. The van der Waals surface area contributed by atoms with Crippen molar-refractivity contribution in [1.82, 2.24) is 9.78 Å². The molecule has 1 atom stereocenters. The van der Waals surface area contributed by atoms with Gasteiger partial charge in [-0.1, -0.05) is 13.3 Å². The van der Waals surface area contributed by atoms with Gasteiger partial charge in [0.15, 0.2) is 0 Å². The van der Waals surface area contributed by atoms with Crippen LogP contribution in [0.15, 0.2) is 12.4 Å². The summed E-state index contributed by atoms with van der Waals surface area (Å²) < 4.78 is 6.71. The fraction of sp³-hybridized carbons (Fsp3) is 0.636. The molecular weight excluding hydrogens is 192 g/mol. The Bertz CT molecular complexity index is 320. The van der Waals surface area contributed by atoms with E-state index in [9.17, 15) is 4.79 Å². The molecule has 0 saturated heterocycles. The van der Waals surface area contributed by atoms with E-state index in [2.05, 4.69) is 5.10 Å². The highest BCUT2D eigenvalue weighted by atomic mass is 16.5. The summed E-state index contributed by atoms with van der Waals surface area (Å²) in [6.45, 7) is 6.23. The largest absolute Gasteiger partial charge is 0.464 e. The second kappa shape index (κ2) is 5.53. The lowest BCUT2D eigenvalue weighted by atomic mass is 10.2. The van der Waals surface area contributed by atoms with E-state index in [-0.39, 0.29) is 12.0 Å². The monoisotopic (exact) mass is 210 g/mol. The molecule has 0 fully saturated rings. The van der Waals surface area contributed by atoms with Crippen LogP contribution in [0.5, 0.6) is 0 Å². The number of hydrogen-bond donors (Lipinski definition) is 0. The van der Waals surface area contributed by atoms with Crippen LogP contribution in [-0.4, -0.2) is 22.4 Å². The maximum absolute atomic E-state index is 11.7. The molecule has 0 N–H and O–H groups in total. The van der Waals surface area contributed by atoms with Crippen LogP contribution in [-0.2, 0) is 9.53 Å². The highest BCUT2D eigenvalue weighted by Crippen LogP contribution is 2.15. The second-order valence-corrected chi connectivity index (χ2v) is 3.55. The molecule has 4 nitrogen and oxygen atoms in total. The van der Waals surface area contributed by atoms with Gasteiger partial charge in [-0.3, -0.25) is 4.68 Å². The molecular formula is C11H18N2O2. The van der Waals surface area contributed by atoms with Gasteiger partial charge in [0.2, 0.25) is 0 Å². The third-order valence-corrected chi connectivity index (χ3v) is 2.17. The number of ether oxygens (including phenoxy) is 1. The number of rotatable bonds is 5. The average Bonchev–Trinajstić information content (AvgIpc) is 2.61. The van der Waals surface area contributed by atoms with Gasteiger partial charge >= 0.3 is 5.97 Å². The number of carbonyl (C=O) groups excluding carboxylic acids is 1. The molecule has 1 aromatic rings. The fourth-order valence-electron chi connectivity index (χ4n) is 1.47. The van der Waals surface area contributed by atoms with E-state index in [1.165, 1.54) is 0 Å². The van der Waals surface area contributed by atoms with E-state index < -0.39 is 0 Å². The Morgan fingerprint density at radius 3 is 2.80 bits per heavy atom. The molecule has 1 aromatic heterocycles. The van der Waals surface area contributed by atoms with Crippen molar-refractivity contribution in [2.24, 2.45) is 0 Å². The molecule has 1 heterocycles. The lowest BCUT2D eigenvalue weighted by Crippen LogP contribution is -2.22. The van der Waals surface area contributed by atoms with Crippen LogP contribution < -0.4 is 0 Å². The number of esters is 1. The summed E-state index contributed by atoms with van der Waals surface area (Å²) in [6, 6.07) is -0.274. The summed E-state index contributed by atoms with van der Waals surface area (Å²) in [5.74, 6) is -0.192. The minimum absolute atomic E-state index is 0.192. The Morgan fingerprint density at radius 1 is 1.60 bits per heavy atom. The smallest absolute Gasteiger partial charge is 0.330 e. The maximum Gasteiger partial charge on any atom is 0.330 e. The van der Waals surface area contributed by atoms with Gasteiger partial charge < -0.3 is 4.74 Å². The van der Waals surface area contributed by atoms with Crippen LogP contribution >= 0.6 is 0 Å². The average molecular weight is 210 g/mol. The van der Waals surface area contributed by atoms with Crippen molar-refractivity contribution in [3.63, 3.8) is 0 Å². The number of nitrogens with zero attached hydrogens (tertiary/aromatic N) is 2. The summed E-state index contributed by atoms with van der Waals surface area (Å²) in [4.78, 5) is 11.7. The van der Waals surface area contributed by atoms with Crippen molar-refractivity contribution in [1.29, 1.82) is 0 Å². The Kier molecular flexibility index (Phi) is 4.34. The third kappa shape index (κ3) is 3.08. The number of carbonyl (C=O) groups is 1. The normalized spacial score (nSPS) is 12.5. The standard InChI is InChI=1S/C11H18N2O2/c1-4-6-10(11(14)15-5-2)13-8-9(3)7-12-13/h7-8,10H,4-6H2,1-3H3. The number of hydrogen-bond acceptors (Lipinski definition) is 3. The predicted molar refractivity (Wildman–Crippen MR) is 57.5 cm³/mol. The Labute approximate surface area is 90.2 Å². The van der Waals surface area contributed by atoms with Gasteiger partial charge in [-0.25, -0.2) is 4.79 Å². The van der Waals surface area contributed by atoms with Crippen LogP contribution in [0.25, 0.3) is 0 Å². The minimum atomic E-state index is -0.274. The Balaban J connectivity index is 2.77. The van der Waals surface area contributed by atoms with Crippen LogP contribution in [0.2, 0.25) is 0 Å². The van der Waals surface area contributed by atoms with E-state index in [1.807, 2.05) is 27.0 Å². The van der Waals surface area contributed by atoms with Crippen molar-refractivity contribution in [3.8, 4) is 0 Å². The molecule has 1 rings (SSSR count). The topological polar surface area (TPSA) is 44.1 Å². The van der Waals surface area contributed by atoms with E-state index in [1.54, 1.807) is 10.9 Å². The lowest BCUT2D eigenvalue weighted by Gasteiger charge is -2.14. The van der Waals surface area contributed by atoms with E-state index in [4.69, 9.17) is 4.74 Å². The zero-order valence-corrected chi connectivity index (χ0v) is 9.56. The van der Waals surface area contributed by atoms with E-state index in [0.29, 0.717) is 6.61 Å². The minimum Gasteiger partial charge on any atom is -0.464 e. The van der Waals surface area contributed by atoms with Crippen LogP contribution in [0.3, 0.4) is 0 Å². The Hall–Kier alpha value is -1.32. The van der Waals surface area contributed by atoms with Crippen molar-refractivity contribution >= 4 is 5.97 Å². The second-order valence-electron chi connectivity index (χ2n) is 3.55. The molecule has 0 amide bonds. The molecule has 84 valence electrons. The first kappa shape index (κ1) is 11.8. The van der Waals surface area contributed by atoms with Crippen molar-refractivity contribution < 1.29 is 9.53 Å². The van der Waals surface area contributed by atoms with Crippen LogP contribution in [0.4, 0.5) is 0 Å². The van der Waals surface area contributed by atoms with Crippen molar-refractivity contribution in [3.05, 3.63) is 18.0 Å². The maximum atomic E-state index is 11.7. The van der Waals surface area contributed by atoms with Crippen LogP contribution in [0, 0.1) is 6.92 Å². The third-order valence-electron chi connectivity index (χ3n) is 2.17. The fourth-order valence-corrected chi connectivity index (χ4v) is 1.47. The summed E-state index contributed by atoms with van der Waals surface area (Å²) in [6.07, 6.45) is 5.32. The SMILES string of the molecule is CCCC(C(=O)OCC)n1cc(C)cn1. The molecule has 0 bridgehead atoms. The zero-order valence-electron chi connectivity index (χ0n) is 9.56. The molecule has 0 aromatic carbocycles. The van der Waals surface area contributed by atoms with Gasteiger partial charge in [-0.2, -0.15) is 5.10 Å². The molecule has 4 heteroatoms. The number of aromatic nitrogens is 2. The van der Waals surface area contributed by atoms with Crippen molar-refractivity contribution in [2.45, 2.75) is 39.7 Å². The molecule has 0 saturated carbocycles. The quantitative estimate of drug-likeness (QED) is 0.699. The first-order valence-electron chi connectivity index (χ1n) is 5.36. The molecule has 0 aliphatic carbocycles. The number of aryl methyl sites for hydroxylation is 1. The molecule has 0 aliphatic heterocycles. The Morgan fingerprint density at radius 2 is 2.33 bits per heavy atom. The molecule has 15 heavy (non-hydrogen) atoms. The van der Waals surface area contributed by atoms with Gasteiger partial charge in [0.25, 0.3) is 0 Å².